The summed E-state index contributed by atoms with van der Waals surface area (Å²) in [5.74, 6) is -0.912. The van der Waals surface area contributed by atoms with Gasteiger partial charge in [-0.05, 0) is 24.3 Å². The molecule has 112 valence electrons. The zero-order valence-corrected chi connectivity index (χ0v) is 10.9. The van der Waals surface area contributed by atoms with Gasteiger partial charge in [0, 0.05) is 10.9 Å². The molecule has 1 heterocycles. The smallest absolute Gasteiger partial charge is 0.418 e. The number of hydrogen-bond donors (Lipinski definition) is 1. The van der Waals surface area contributed by atoms with Crippen molar-refractivity contribution in [1.82, 2.24) is 9.97 Å². The Morgan fingerprint density at radius 3 is 2.50 bits per heavy atom. The van der Waals surface area contributed by atoms with E-state index in [2.05, 4.69) is 9.97 Å². The molecule has 0 spiro atoms. The number of benzene rings is 2. The number of aromatic nitrogens is 2. The molecular formula is C15H8F4N2O. The number of aromatic hydroxyl groups is 1. The standard InChI is InChI=1S/C15H8F4N2O/c16-12-5-4-8(22)6-10(12)13-9-2-1-3-11(15(17,18)19)14(9)21-7-20-13/h1-7,22H. The molecule has 0 aliphatic carbocycles. The number of rotatable bonds is 1. The molecule has 0 unspecified atom stereocenters. The molecule has 3 rings (SSSR count). The molecule has 0 aliphatic rings. The van der Waals surface area contributed by atoms with E-state index >= 15 is 0 Å². The highest BCUT2D eigenvalue weighted by molar-refractivity contribution is 5.94. The highest BCUT2D eigenvalue weighted by Crippen LogP contribution is 2.37. The first kappa shape index (κ1) is 14.2. The molecule has 1 aromatic heterocycles. The van der Waals surface area contributed by atoms with Crippen molar-refractivity contribution in [2.75, 3.05) is 0 Å². The summed E-state index contributed by atoms with van der Waals surface area (Å²) in [6.07, 6.45) is -3.64. The Balaban J connectivity index is 2.35. The van der Waals surface area contributed by atoms with E-state index in [1.54, 1.807) is 0 Å². The Labute approximate surface area is 121 Å². The van der Waals surface area contributed by atoms with E-state index in [0.29, 0.717) is 0 Å². The summed E-state index contributed by atoms with van der Waals surface area (Å²) < 4.78 is 53.0. The molecule has 0 amide bonds. The fourth-order valence-electron chi connectivity index (χ4n) is 2.23. The summed E-state index contributed by atoms with van der Waals surface area (Å²) >= 11 is 0. The van der Waals surface area contributed by atoms with Gasteiger partial charge in [-0.1, -0.05) is 12.1 Å². The SMILES string of the molecule is Oc1ccc(F)c(-c2ncnc3c(C(F)(F)F)cccc23)c1. The van der Waals surface area contributed by atoms with Crippen molar-refractivity contribution in [2.24, 2.45) is 0 Å². The van der Waals surface area contributed by atoms with E-state index in [4.69, 9.17) is 0 Å². The van der Waals surface area contributed by atoms with Crippen LogP contribution in [-0.2, 0) is 6.18 Å². The van der Waals surface area contributed by atoms with E-state index in [1.165, 1.54) is 12.1 Å². The van der Waals surface area contributed by atoms with Gasteiger partial charge in [-0.3, -0.25) is 0 Å². The van der Waals surface area contributed by atoms with Crippen molar-refractivity contribution < 1.29 is 22.7 Å². The summed E-state index contributed by atoms with van der Waals surface area (Å²) in [6.45, 7) is 0. The Bertz CT molecular complexity index is 862. The predicted molar refractivity (Wildman–Crippen MR) is 71.6 cm³/mol. The molecule has 0 radical (unpaired) electrons. The largest absolute Gasteiger partial charge is 0.508 e. The lowest BCUT2D eigenvalue weighted by Gasteiger charge is -2.12. The molecule has 0 saturated carbocycles. The first-order valence-corrected chi connectivity index (χ1v) is 6.18. The number of phenolic OH excluding ortho intramolecular Hbond substituents is 1. The van der Waals surface area contributed by atoms with Gasteiger partial charge in [-0.2, -0.15) is 13.2 Å². The summed E-state index contributed by atoms with van der Waals surface area (Å²) in [6, 6.07) is 6.76. The van der Waals surface area contributed by atoms with Crippen LogP contribution in [0.3, 0.4) is 0 Å². The summed E-state index contributed by atoms with van der Waals surface area (Å²) in [5, 5.41) is 9.52. The van der Waals surface area contributed by atoms with E-state index in [-0.39, 0.29) is 27.9 Å². The van der Waals surface area contributed by atoms with Crippen LogP contribution in [0.2, 0.25) is 0 Å². The molecule has 1 N–H and O–H groups in total. The summed E-state index contributed by atoms with van der Waals surface area (Å²) in [7, 11) is 0. The van der Waals surface area contributed by atoms with Crippen LogP contribution in [0.1, 0.15) is 5.56 Å². The van der Waals surface area contributed by atoms with Gasteiger partial charge in [0.15, 0.2) is 0 Å². The van der Waals surface area contributed by atoms with Crippen molar-refractivity contribution in [1.29, 1.82) is 0 Å². The Morgan fingerprint density at radius 1 is 1.00 bits per heavy atom. The maximum Gasteiger partial charge on any atom is 0.418 e. The Hall–Kier alpha value is -2.70. The van der Waals surface area contributed by atoms with Gasteiger partial charge in [-0.25, -0.2) is 14.4 Å². The summed E-state index contributed by atoms with van der Waals surface area (Å²) in [4.78, 5) is 7.54. The number of nitrogens with zero attached hydrogens (tertiary/aromatic N) is 2. The minimum Gasteiger partial charge on any atom is -0.508 e. The number of para-hydroxylation sites is 1. The van der Waals surface area contributed by atoms with Crippen molar-refractivity contribution in [3.05, 3.63) is 54.1 Å². The Morgan fingerprint density at radius 2 is 1.77 bits per heavy atom. The minimum absolute atomic E-state index is 0.00972. The number of fused-ring (bicyclic) bond motifs is 1. The van der Waals surface area contributed by atoms with Crippen LogP contribution in [-0.4, -0.2) is 15.1 Å². The van der Waals surface area contributed by atoms with Gasteiger partial charge >= 0.3 is 6.18 Å². The highest BCUT2D eigenvalue weighted by atomic mass is 19.4. The number of hydrogen-bond acceptors (Lipinski definition) is 3. The third-order valence-electron chi connectivity index (χ3n) is 3.18. The average molecular weight is 308 g/mol. The third-order valence-corrected chi connectivity index (χ3v) is 3.18. The fourth-order valence-corrected chi connectivity index (χ4v) is 2.23. The van der Waals surface area contributed by atoms with Crippen molar-refractivity contribution >= 4 is 10.9 Å². The predicted octanol–water partition coefficient (Wildman–Crippen LogP) is 4.16. The van der Waals surface area contributed by atoms with Crippen LogP contribution >= 0.6 is 0 Å². The maximum absolute atomic E-state index is 13.9. The first-order valence-electron chi connectivity index (χ1n) is 6.18. The number of alkyl halides is 3. The third kappa shape index (κ3) is 2.34. The molecule has 7 heteroatoms. The molecule has 3 nitrogen and oxygen atoms in total. The van der Waals surface area contributed by atoms with Crippen LogP contribution in [0.15, 0.2) is 42.7 Å². The van der Waals surface area contributed by atoms with Gasteiger partial charge in [0.25, 0.3) is 0 Å². The quantitative estimate of drug-likeness (QED) is 0.687. The van der Waals surface area contributed by atoms with Gasteiger partial charge in [0.2, 0.25) is 0 Å². The second-order valence-electron chi connectivity index (χ2n) is 4.59. The molecule has 0 saturated heterocycles. The summed E-state index contributed by atoms with van der Waals surface area (Å²) in [5.41, 5.74) is -1.34. The average Bonchev–Trinajstić information content (AvgIpc) is 2.47. The van der Waals surface area contributed by atoms with E-state index in [1.807, 2.05) is 0 Å². The topological polar surface area (TPSA) is 46.0 Å². The van der Waals surface area contributed by atoms with Crippen molar-refractivity contribution in [3.8, 4) is 17.0 Å². The lowest BCUT2D eigenvalue weighted by molar-refractivity contribution is -0.136. The zero-order valence-electron chi connectivity index (χ0n) is 10.9. The van der Waals surface area contributed by atoms with Crippen LogP contribution in [0, 0.1) is 5.82 Å². The van der Waals surface area contributed by atoms with Crippen LogP contribution in [0.25, 0.3) is 22.2 Å². The minimum atomic E-state index is -4.58. The van der Waals surface area contributed by atoms with Crippen LogP contribution < -0.4 is 0 Å². The molecule has 0 bridgehead atoms. The molecule has 22 heavy (non-hydrogen) atoms. The fraction of sp³-hybridized carbons (Fsp3) is 0.0667. The zero-order chi connectivity index (χ0) is 15.9. The number of halogens is 4. The van der Waals surface area contributed by atoms with E-state index < -0.39 is 17.6 Å². The second-order valence-corrected chi connectivity index (χ2v) is 4.59. The van der Waals surface area contributed by atoms with E-state index in [0.717, 1.165) is 30.6 Å². The molecule has 0 fully saturated rings. The molecule has 3 aromatic rings. The van der Waals surface area contributed by atoms with Crippen LogP contribution in [0.5, 0.6) is 5.75 Å². The van der Waals surface area contributed by atoms with E-state index in [9.17, 15) is 22.7 Å². The maximum atomic E-state index is 13.9. The van der Waals surface area contributed by atoms with Gasteiger partial charge in [0.05, 0.1) is 16.8 Å². The second kappa shape index (κ2) is 4.94. The molecule has 2 aromatic carbocycles. The number of phenols is 1. The lowest BCUT2D eigenvalue weighted by atomic mass is 10.0. The monoisotopic (exact) mass is 308 g/mol. The Kier molecular flexibility index (Phi) is 3.20. The van der Waals surface area contributed by atoms with Crippen LogP contribution in [0.4, 0.5) is 17.6 Å². The molecule has 0 aliphatic heterocycles. The lowest BCUT2D eigenvalue weighted by Crippen LogP contribution is -2.07. The first-order chi connectivity index (χ1) is 10.4. The van der Waals surface area contributed by atoms with Gasteiger partial charge in [0.1, 0.15) is 17.9 Å². The normalized spacial score (nSPS) is 11.8. The molecule has 0 atom stereocenters. The van der Waals surface area contributed by atoms with Crippen molar-refractivity contribution in [3.63, 3.8) is 0 Å². The van der Waals surface area contributed by atoms with Gasteiger partial charge < -0.3 is 5.11 Å². The van der Waals surface area contributed by atoms with Gasteiger partial charge in [-0.15, -0.1) is 0 Å². The highest BCUT2D eigenvalue weighted by Gasteiger charge is 2.33. The molecular weight excluding hydrogens is 300 g/mol. The van der Waals surface area contributed by atoms with Crippen molar-refractivity contribution in [2.45, 2.75) is 6.18 Å².